The third-order valence-electron chi connectivity index (χ3n) is 2.99. The van der Waals surface area contributed by atoms with E-state index in [0.717, 1.165) is 36.5 Å². The fraction of sp³-hybridized carbons (Fsp3) is 0.533. The van der Waals surface area contributed by atoms with E-state index in [1.54, 1.807) is 11.8 Å². The van der Waals surface area contributed by atoms with Gasteiger partial charge in [-0.3, -0.25) is 5.32 Å². The summed E-state index contributed by atoms with van der Waals surface area (Å²) in [5.74, 6) is 0.961. The molecule has 0 radical (unpaired) electrons. The minimum atomic E-state index is -0.422. The van der Waals surface area contributed by atoms with Gasteiger partial charge in [0.1, 0.15) is 5.54 Å². The third-order valence-corrected chi connectivity index (χ3v) is 4.81. The first-order valence-corrected chi connectivity index (χ1v) is 8.49. The SMILES string of the molecule is CCCNC(C)(C#N)CCCSc1ccc(Cl)c(Cl)c1. The Kier molecular flexibility index (Phi) is 7.76. The molecule has 1 rings (SSSR count). The number of benzene rings is 1. The predicted octanol–water partition coefficient (Wildman–Crippen LogP) is 5.15. The van der Waals surface area contributed by atoms with Crippen molar-refractivity contribution in [3.05, 3.63) is 28.2 Å². The maximum absolute atomic E-state index is 9.24. The smallest absolute Gasteiger partial charge is 0.103 e. The average Bonchev–Trinajstić information content (AvgIpc) is 2.45. The number of nitrogens with zero attached hydrogens (tertiary/aromatic N) is 1. The topological polar surface area (TPSA) is 35.8 Å². The van der Waals surface area contributed by atoms with Crippen LogP contribution in [0.3, 0.4) is 0 Å². The molecule has 1 aromatic rings. The molecule has 0 aliphatic carbocycles. The van der Waals surface area contributed by atoms with Crippen LogP contribution >= 0.6 is 35.0 Å². The Labute approximate surface area is 135 Å². The lowest BCUT2D eigenvalue weighted by Gasteiger charge is -2.22. The summed E-state index contributed by atoms with van der Waals surface area (Å²) in [5, 5.41) is 13.7. The van der Waals surface area contributed by atoms with Crippen molar-refractivity contribution in [2.75, 3.05) is 12.3 Å². The van der Waals surface area contributed by atoms with Crippen LogP contribution in [0.25, 0.3) is 0 Å². The molecule has 0 bridgehead atoms. The fourth-order valence-corrected chi connectivity index (χ4v) is 3.02. The van der Waals surface area contributed by atoms with Gasteiger partial charge in [-0.2, -0.15) is 5.26 Å². The molecule has 5 heteroatoms. The molecule has 2 nitrogen and oxygen atoms in total. The van der Waals surface area contributed by atoms with Gasteiger partial charge in [-0.1, -0.05) is 30.1 Å². The average molecular weight is 331 g/mol. The van der Waals surface area contributed by atoms with Crippen molar-refractivity contribution >= 4 is 35.0 Å². The molecule has 0 saturated heterocycles. The lowest BCUT2D eigenvalue weighted by atomic mass is 9.98. The van der Waals surface area contributed by atoms with E-state index >= 15 is 0 Å². The van der Waals surface area contributed by atoms with Gasteiger partial charge in [0, 0.05) is 4.90 Å². The van der Waals surface area contributed by atoms with Crippen LogP contribution in [0.1, 0.15) is 33.1 Å². The number of halogens is 2. The van der Waals surface area contributed by atoms with Crippen molar-refractivity contribution < 1.29 is 0 Å². The number of hydrogen-bond donors (Lipinski definition) is 1. The molecular formula is C15H20Cl2N2S. The summed E-state index contributed by atoms with van der Waals surface area (Å²) >= 11 is 13.6. The van der Waals surface area contributed by atoms with Crippen molar-refractivity contribution in [3.8, 4) is 6.07 Å². The van der Waals surface area contributed by atoms with Gasteiger partial charge in [-0.15, -0.1) is 11.8 Å². The Hall–Kier alpha value is -0.400. The number of nitrogens with one attached hydrogen (secondary N) is 1. The van der Waals surface area contributed by atoms with Gasteiger partial charge in [0.2, 0.25) is 0 Å². The van der Waals surface area contributed by atoms with Crippen LogP contribution in [0.4, 0.5) is 0 Å². The quantitative estimate of drug-likeness (QED) is 0.529. The molecule has 1 N–H and O–H groups in total. The van der Waals surface area contributed by atoms with Crippen molar-refractivity contribution in [1.29, 1.82) is 5.26 Å². The van der Waals surface area contributed by atoms with Gasteiger partial charge in [-0.05, 0) is 56.7 Å². The van der Waals surface area contributed by atoms with E-state index in [0.29, 0.717) is 10.0 Å². The van der Waals surface area contributed by atoms with E-state index in [4.69, 9.17) is 23.2 Å². The maximum Gasteiger partial charge on any atom is 0.103 e. The zero-order valence-electron chi connectivity index (χ0n) is 11.9. The molecule has 0 aliphatic rings. The van der Waals surface area contributed by atoms with Gasteiger partial charge < -0.3 is 0 Å². The molecular weight excluding hydrogens is 311 g/mol. The van der Waals surface area contributed by atoms with Crippen LogP contribution < -0.4 is 5.32 Å². The Balaban J connectivity index is 2.37. The lowest BCUT2D eigenvalue weighted by molar-refractivity contribution is 0.415. The van der Waals surface area contributed by atoms with Gasteiger partial charge in [0.15, 0.2) is 0 Å². The zero-order chi connectivity index (χ0) is 15.0. The van der Waals surface area contributed by atoms with Gasteiger partial charge in [0.25, 0.3) is 0 Å². The van der Waals surface area contributed by atoms with Crippen molar-refractivity contribution in [2.24, 2.45) is 0 Å². The highest BCUT2D eigenvalue weighted by molar-refractivity contribution is 7.99. The van der Waals surface area contributed by atoms with E-state index in [2.05, 4.69) is 18.3 Å². The number of hydrogen-bond acceptors (Lipinski definition) is 3. The maximum atomic E-state index is 9.24. The van der Waals surface area contributed by atoms with E-state index in [1.165, 1.54) is 0 Å². The first-order valence-electron chi connectivity index (χ1n) is 6.75. The van der Waals surface area contributed by atoms with Crippen LogP contribution in [-0.4, -0.2) is 17.8 Å². The Morgan fingerprint density at radius 3 is 2.70 bits per heavy atom. The molecule has 110 valence electrons. The van der Waals surface area contributed by atoms with E-state index in [9.17, 15) is 5.26 Å². The first-order chi connectivity index (χ1) is 9.50. The van der Waals surface area contributed by atoms with Gasteiger partial charge in [0.05, 0.1) is 16.1 Å². The Morgan fingerprint density at radius 2 is 2.10 bits per heavy atom. The van der Waals surface area contributed by atoms with E-state index in [-0.39, 0.29) is 0 Å². The van der Waals surface area contributed by atoms with E-state index < -0.39 is 5.54 Å². The second-order valence-electron chi connectivity index (χ2n) is 4.90. The summed E-state index contributed by atoms with van der Waals surface area (Å²) < 4.78 is 0. The molecule has 1 aromatic carbocycles. The van der Waals surface area contributed by atoms with Crippen LogP contribution in [-0.2, 0) is 0 Å². The van der Waals surface area contributed by atoms with E-state index in [1.807, 2.05) is 25.1 Å². The fourth-order valence-electron chi connectivity index (χ4n) is 1.77. The largest absolute Gasteiger partial charge is 0.300 e. The van der Waals surface area contributed by atoms with Crippen molar-refractivity contribution in [2.45, 2.75) is 43.5 Å². The van der Waals surface area contributed by atoms with Crippen molar-refractivity contribution in [3.63, 3.8) is 0 Å². The standard InChI is InChI=1S/C15H20Cl2N2S/c1-3-8-19-15(2,11-18)7-4-9-20-12-5-6-13(16)14(17)10-12/h5-6,10,19H,3-4,7-9H2,1-2H3. The molecule has 0 aromatic heterocycles. The highest BCUT2D eigenvalue weighted by Crippen LogP contribution is 2.28. The predicted molar refractivity (Wildman–Crippen MR) is 88.7 cm³/mol. The monoisotopic (exact) mass is 330 g/mol. The van der Waals surface area contributed by atoms with Crippen LogP contribution in [0.15, 0.2) is 23.1 Å². The Morgan fingerprint density at radius 1 is 1.35 bits per heavy atom. The summed E-state index contributed by atoms with van der Waals surface area (Å²) in [6.07, 6.45) is 2.86. The summed E-state index contributed by atoms with van der Waals surface area (Å²) in [5.41, 5.74) is -0.422. The van der Waals surface area contributed by atoms with Crippen LogP contribution in [0.2, 0.25) is 10.0 Å². The molecule has 0 aliphatic heterocycles. The molecule has 0 spiro atoms. The highest BCUT2D eigenvalue weighted by atomic mass is 35.5. The van der Waals surface area contributed by atoms with Gasteiger partial charge in [-0.25, -0.2) is 0 Å². The van der Waals surface area contributed by atoms with Crippen LogP contribution in [0.5, 0.6) is 0 Å². The molecule has 0 saturated carbocycles. The normalized spacial score (nSPS) is 13.8. The number of nitriles is 1. The van der Waals surface area contributed by atoms with Crippen LogP contribution in [0, 0.1) is 11.3 Å². The van der Waals surface area contributed by atoms with Crippen molar-refractivity contribution in [1.82, 2.24) is 5.32 Å². The second kappa shape index (κ2) is 8.79. The first kappa shape index (κ1) is 17.7. The Bertz CT molecular complexity index is 473. The number of thioether (sulfide) groups is 1. The molecule has 0 heterocycles. The molecule has 0 amide bonds. The molecule has 1 unspecified atom stereocenters. The molecule has 20 heavy (non-hydrogen) atoms. The minimum Gasteiger partial charge on any atom is -0.300 e. The second-order valence-corrected chi connectivity index (χ2v) is 6.88. The number of rotatable bonds is 8. The lowest BCUT2D eigenvalue weighted by Crippen LogP contribution is -2.41. The minimum absolute atomic E-state index is 0.422. The molecule has 0 fully saturated rings. The third kappa shape index (κ3) is 5.93. The summed E-state index contributed by atoms with van der Waals surface area (Å²) in [6, 6.07) is 8.04. The molecule has 1 atom stereocenters. The zero-order valence-corrected chi connectivity index (χ0v) is 14.2. The van der Waals surface area contributed by atoms with Gasteiger partial charge >= 0.3 is 0 Å². The summed E-state index contributed by atoms with van der Waals surface area (Å²) in [6.45, 7) is 4.95. The highest BCUT2D eigenvalue weighted by Gasteiger charge is 2.21. The summed E-state index contributed by atoms with van der Waals surface area (Å²) in [7, 11) is 0. The summed E-state index contributed by atoms with van der Waals surface area (Å²) in [4.78, 5) is 1.11.